The smallest absolute Gasteiger partial charge is 0.203 e. The molecule has 1 aromatic carbocycles. The molecule has 0 saturated heterocycles. The number of hydrogen-bond donors (Lipinski definition) is 1. The van der Waals surface area contributed by atoms with E-state index in [1.54, 1.807) is 13.0 Å². The van der Waals surface area contributed by atoms with Crippen molar-refractivity contribution in [1.29, 1.82) is 0 Å². The molecule has 17 heavy (non-hydrogen) atoms. The van der Waals surface area contributed by atoms with Gasteiger partial charge in [-0.15, -0.1) is 0 Å². The summed E-state index contributed by atoms with van der Waals surface area (Å²) in [5.41, 5.74) is 0.954. The van der Waals surface area contributed by atoms with Crippen molar-refractivity contribution in [3.8, 4) is 17.2 Å². The molecule has 1 rings (SSSR count). The fourth-order valence-electron chi connectivity index (χ4n) is 1.50. The van der Waals surface area contributed by atoms with Crippen molar-refractivity contribution in [3.05, 3.63) is 29.8 Å². The van der Waals surface area contributed by atoms with Gasteiger partial charge in [0.25, 0.3) is 0 Å². The summed E-state index contributed by atoms with van der Waals surface area (Å²) in [5, 5.41) is 9.93. The normalized spacial score (nSPS) is 9.82. The topological polar surface area (TPSA) is 55.8 Å². The van der Waals surface area contributed by atoms with Gasteiger partial charge in [-0.25, -0.2) is 0 Å². The number of carbonyl (C=O) groups excluding carboxylic acids is 1. The lowest BCUT2D eigenvalue weighted by molar-refractivity contribution is 0.0990. The standard InChI is InChI=1S/C13H16O4/c1-8(2)7-10(14)9-5-6-11(16-3)13(17-4)12(9)15/h5-6,15H,1,7H2,2-4H3. The van der Waals surface area contributed by atoms with Crippen molar-refractivity contribution in [2.45, 2.75) is 13.3 Å². The highest BCUT2D eigenvalue weighted by Crippen LogP contribution is 2.39. The first-order valence-corrected chi connectivity index (χ1v) is 5.12. The van der Waals surface area contributed by atoms with E-state index in [0.717, 1.165) is 5.57 Å². The predicted octanol–water partition coefficient (Wildman–Crippen LogP) is 2.56. The molecule has 0 fully saturated rings. The van der Waals surface area contributed by atoms with Gasteiger partial charge in [0.05, 0.1) is 19.8 Å². The molecule has 0 spiro atoms. The molecule has 0 aromatic heterocycles. The van der Waals surface area contributed by atoms with Crippen LogP contribution in [-0.2, 0) is 0 Å². The van der Waals surface area contributed by atoms with Crippen molar-refractivity contribution in [2.24, 2.45) is 0 Å². The van der Waals surface area contributed by atoms with Gasteiger partial charge in [-0.05, 0) is 19.1 Å². The average molecular weight is 236 g/mol. The van der Waals surface area contributed by atoms with Gasteiger partial charge >= 0.3 is 0 Å². The highest BCUT2D eigenvalue weighted by atomic mass is 16.5. The van der Waals surface area contributed by atoms with Gasteiger partial charge in [0.1, 0.15) is 0 Å². The number of aromatic hydroxyl groups is 1. The number of rotatable bonds is 5. The van der Waals surface area contributed by atoms with Gasteiger partial charge in [-0.1, -0.05) is 12.2 Å². The van der Waals surface area contributed by atoms with Crippen molar-refractivity contribution < 1.29 is 19.4 Å². The molecule has 0 amide bonds. The molecule has 4 heteroatoms. The Kier molecular flexibility index (Phi) is 4.15. The van der Waals surface area contributed by atoms with E-state index in [9.17, 15) is 9.90 Å². The maximum absolute atomic E-state index is 11.8. The summed E-state index contributed by atoms with van der Waals surface area (Å²) in [6.07, 6.45) is 0.197. The third-order valence-electron chi connectivity index (χ3n) is 2.28. The molecule has 0 aliphatic rings. The molecule has 1 aromatic rings. The first-order valence-electron chi connectivity index (χ1n) is 5.12. The second-order valence-electron chi connectivity index (χ2n) is 3.75. The Morgan fingerprint density at radius 1 is 1.35 bits per heavy atom. The lowest BCUT2D eigenvalue weighted by atomic mass is 10.0. The Hall–Kier alpha value is -1.97. The van der Waals surface area contributed by atoms with Crippen LogP contribution >= 0.6 is 0 Å². The quantitative estimate of drug-likeness (QED) is 0.630. The molecular formula is C13H16O4. The van der Waals surface area contributed by atoms with E-state index in [0.29, 0.717) is 5.75 Å². The summed E-state index contributed by atoms with van der Waals surface area (Å²) in [4.78, 5) is 11.8. The maximum Gasteiger partial charge on any atom is 0.203 e. The van der Waals surface area contributed by atoms with E-state index < -0.39 is 0 Å². The number of allylic oxidation sites excluding steroid dienone is 1. The number of Topliss-reactive ketones (excluding diaryl/α,β-unsaturated/α-hetero) is 1. The zero-order valence-corrected chi connectivity index (χ0v) is 10.2. The van der Waals surface area contributed by atoms with Crippen LogP contribution in [0.25, 0.3) is 0 Å². The highest BCUT2D eigenvalue weighted by Gasteiger charge is 2.18. The Bertz CT molecular complexity index is 449. The van der Waals surface area contributed by atoms with Gasteiger partial charge < -0.3 is 14.6 Å². The third-order valence-corrected chi connectivity index (χ3v) is 2.28. The van der Waals surface area contributed by atoms with Gasteiger partial charge in [0.2, 0.25) is 5.75 Å². The van der Waals surface area contributed by atoms with Crippen LogP contribution in [0.3, 0.4) is 0 Å². The molecule has 1 N–H and O–H groups in total. The summed E-state index contributed by atoms with van der Waals surface area (Å²) in [6.45, 7) is 5.43. The molecule has 0 unspecified atom stereocenters. The summed E-state index contributed by atoms with van der Waals surface area (Å²) in [6, 6.07) is 3.10. The number of phenolic OH excluding ortho intramolecular Hbond substituents is 1. The van der Waals surface area contributed by atoms with Crippen LogP contribution in [0.15, 0.2) is 24.3 Å². The first kappa shape index (κ1) is 13.1. The Morgan fingerprint density at radius 3 is 2.47 bits per heavy atom. The number of benzene rings is 1. The zero-order valence-electron chi connectivity index (χ0n) is 10.2. The lowest BCUT2D eigenvalue weighted by Gasteiger charge is -2.12. The molecule has 92 valence electrons. The van der Waals surface area contributed by atoms with Gasteiger partial charge in [-0.3, -0.25) is 4.79 Å². The fraction of sp³-hybridized carbons (Fsp3) is 0.308. The van der Waals surface area contributed by atoms with E-state index in [2.05, 4.69) is 6.58 Å². The minimum atomic E-state index is -0.198. The SMILES string of the molecule is C=C(C)CC(=O)c1ccc(OC)c(OC)c1O. The van der Waals surface area contributed by atoms with E-state index in [-0.39, 0.29) is 29.3 Å². The first-order chi connectivity index (χ1) is 8.01. The largest absolute Gasteiger partial charge is 0.504 e. The highest BCUT2D eigenvalue weighted by molar-refractivity contribution is 6.00. The molecule has 0 atom stereocenters. The zero-order chi connectivity index (χ0) is 13.0. The van der Waals surface area contributed by atoms with E-state index in [1.165, 1.54) is 20.3 Å². The van der Waals surface area contributed by atoms with Crippen LogP contribution in [0.1, 0.15) is 23.7 Å². The molecule has 0 saturated carbocycles. The summed E-state index contributed by atoms with van der Waals surface area (Å²) < 4.78 is 10.0. The average Bonchev–Trinajstić information content (AvgIpc) is 2.27. The second kappa shape index (κ2) is 5.39. The van der Waals surface area contributed by atoms with Crippen LogP contribution in [0.2, 0.25) is 0 Å². The number of hydrogen-bond acceptors (Lipinski definition) is 4. The Labute approximate surface area is 100 Å². The molecule has 4 nitrogen and oxygen atoms in total. The molecule has 0 bridgehead atoms. The third kappa shape index (κ3) is 2.78. The van der Waals surface area contributed by atoms with E-state index >= 15 is 0 Å². The Balaban J connectivity index is 3.19. The van der Waals surface area contributed by atoms with Crippen molar-refractivity contribution in [1.82, 2.24) is 0 Å². The molecule has 0 radical (unpaired) electrons. The van der Waals surface area contributed by atoms with Crippen LogP contribution in [0, 0.1) is 0 Å². The monoisotopic (exact) mass is 236 g/mol. The van der Waals surface area contributed by atoms with Crippen molar-refractivity contribution in [2.75, 3.05) is 14.2 Å². The summed E-state index contributed by atoms with van der Waals surface area (Å²) >= 11 is 0. The number of carbonyl (C=O) groups is 1. The fourth-order valence-corrected chi connectivity index (χ4v) is 1.50. The van der Waals surface area contributed by atoms with Gasteiger partial charge in [0, 0.05) is 6.42 Å². The maximum atomic E-state index is 11.8. The Morgan fingerprint density at radius 2 is 2.00 bits per heavy atom. The minimum absolute atomic E-state index is 0.167. The lowest BCUT2D eigenvalue weighted by Crippen LogP contribution is -2.02. The predicted molar refractivity (Wildman–Crippen MR) is 65.0 cm³/mol. The van der Waals surface area contributed by atoms with Crippen LogP contribution in [-0.4, -0.2) is 25.1 Å². The van der Waals surface area contributed by atoms with Gasteiger partial charge in [0.15, 0.2) is 17.3 Å². The van der Waals surface area contributed by atoms with Crippen molar-refractivity contribution in [3.63, 3.8) is 0 Å². The molecule has 0 heterocycles. The van der Waals surface area contributed by atoms with Crippen LogP contribution < -0.4 is 9.47 Å². The number of ether oxygens (including phenoxy) is 2. The number of ketones is 1. The van der Waals surface area contributed by atoms with E-state index in [4.69, 9.17) is 9.47 Å². The van der Waals surface area contributed by atoms with Crippen LogP contribution in [0.4, 0.5) is 0 Å². The molecule has 0 aliphatic carbocycles. The van der Waals surface area contributed by atoms with E-state index in [1.807, 2.05) is 0 Å². The van der Waals surface area contributed by atoms with Crippen molar-refractivity contribution >= 4 is 5.78 Å². The summed E-state index contributed by atoms with van der Waals surface area (Å²) in [7, 11) is 2.87. The van der Waals surface area contributed by atoms with Gasteiger partial charge in [-0.2, -0.15) is 0 Å². The summed E-state index contributed by atoms with van der Waals surface area (Å²) in [5.74, 6) is 0.158. The molecular weight excluding hydrogens is 220 g/mol. The molecule has 0 aliphatic heterocycles. The number of phenols is 1. The second-order valence-corrected chi connectivity index (χ2v) is 3.75. The number of methoxy groups -OCH3 is 2. The van der Waals surface area contributed by atoms with Crippen LogP contribution in [0.5, 0.6) is 17.2 Å². The minimum Gasteiger partial charge on any atom is -0.504 e.